The van der Waals surface area contributed by atoms with E-state index in [1.165, 1.54) is 0 Å². The topological polar surface area (TPSA) is 89.2 Å². The summed E-state index contributed by atoms with van der Waals surface area (Å²) < 4.78 is 28.1. The molecule has 0 bridgehead atoms. The van der Waals surface area contributed by atoms with Crippen molar-refractivity contribution in [2.45, 2.75) is 24.7 Å². The van der Waals surface area contributed by atoms with Crippen LogP contribution >= 0.6 is 0 Å². The van der Waals surface area contributed by atoms with E-state index in [-0.39, 0.29) is 5.16 Å². The van der Waals surface area contributed by atoms with Crippen molar-refractivity contribution < 1.29 is 12.8 Å². The SMILES string of the molecule is CS(=O)(=O)c1ncc2c(n1)CCN(Cc1ncco1)C2. The Kier molecular flexibility index (Phi) is 3.27. The maximum Gasteiger partial charge on any atom is 0.246 e. The zero-order valence-electron chi connectivity index (χ0n) is 11.0. The van der Waals surface area contributed by atoms with Crippen molar-refractivity contribution in [2.24, 2.45) is 0 Å². The summed E-state index contributed by atoms with van der Waals surface area (Å²) in [6.07, 6.45) is 6.58. The highest BCUT2D eigenvalue weighted by Gasteiger charge is 2.21. The molecule has 0 unspecified atom stereocenters. The number of fused-ring (bicyclic) bond motifs is 1. The molecule has 106 valence electrons. The van der Waals surface area contributed by atoms with Crippen molar-refractivity contribution in [1.29, 1.82) is 0 Å². The molecule has 0 fully saturated rings. The van der Waals surface area contributed by atoms with Gasteiger partial charge in [-0.25, -0.2) is 23.4 Å². The zero-order valence-corrected chi connectivity index (χ0v) is 11.8. The minimum absolute atomic E-state index is 0.0996. The van der Waals surface area contributed by atoms with E-state index in [0.717, 1.165) is 24.1 Å². The molecule has 8 heteroatoms. The average Bonchev–Trinajstić information content (AvgIpc) is 2.90. The summed E-state index contributed by atoms with van der Waals surface area (Å²) in [4.78, 5) is 14.3. The van der Waals surface area contributed by atoms with E-state index in [0.29, 0.717) is 25.4 Å². The largest absolute Gasteiger partial charge is 0.448 e. The number of nitrogens with zero attached hydrogens (tertiary/aromatic N) is 4. The standard InChI is InChI=1S/C12H14N4O3S/c1-20(17,18)12-14-6-9-7-16(4-2-10(9)15-12)8-11-13-3-5-19-11/h3,5-6H,2,4,7-8H2,1H3. The lowest BCUT2D eigenvalue weighted by molar-refractivity contribution is 0.218. The number of hydrogen-bond donors (Lipinski definition) is 0. The monoisotopic (exact) mass is 294 g/mol. The predicted molar refractivity (Wildman–Crippen MR) is 69.5 cm³/mol. The lowest BCUT2D eigenvalue weighted by Crippen LogP contribution is -2.31. The van der Waals surface area contributed by atoms with Gasteiger partial charge in [0.15, 0.2) is 0 Å². The van der Waals surface area contributed by atoms with Crippen LogP contribution in [-0.2, 0) is 29.3 Å². The van der Waals surface area contributed by atoms with Crippen LogP contribution in [0.5, 0.6) is 0 Å². The van der Waals surface area contributed by atoms with Crippen molar-refractivity contribution in [3.8, 4) is 0 Å². The van der Waals surface area contributed by atoms with E-state index in [4.69, 9.17) is 4.42 Å². The van der Waals surface area contributed by atoms with E-state index < -0.39 is 9.84 Å². The minimum atomic E-state index is -3.35. The molecule has 7 nitrogen and oxygen atoms in total. The van der Waals surface area contributed by atoms with Gasteiger partial charge in [-0.05, 0) is 0 Å². The molecule has 2 aromatic heterocycles. The van der Waals surface area contributed by atoms with Gasteiger partial charge in [-0.3, -0.25) is 4.90 Å². The summed E-state index contributed by atoms with van der Waals surface area (Å²) in [6, 6.07) is 0. The van der Waals surface area contributed by atoms with Gasteiger partial charge in [-0.15, -0.1) is 0 Å². The van der Waals surface area contributed by atoms with Gasteiger partial charge in [0.1, 0.15) is 6.26 Å². The Bertz CT molecular complexity index is 712. The van der Waals surface area contributed by atoms with Gasteiger partial charge >= 0.3 is 0 Å². The first-order chi connectivity index (χ1) is 9.52. The number of aromatic nitrogens is 3. The summed E-state index contributed by atoms with van der Waals surface area (Å²) in [5.41, 5.74) is 1.76. The smallest absolute Gasteiger partial charge is 0.246 e. The highest BCUT2D eigenvalue weighted by Crippen LogP contribution is 2.19. The Hall–Kier alpha value is -1.80. The predicted octanol–water partition coefficient (Wildman–Crippen LogP) is 0.426. The second kappa shape index (κ2) is 4.95. The molecule has 1 aliphatic rings. The van der Waals surface area contributed by atoms with E-state index in [9.17, 15) is 8.42 Å². The van der Waals surface area contributed by atoms with Gasteiger partial charge in [-0.2, -0.15) is 0 Å². The molecule has 0 atom stereocenters. The van der Waals surface area contributed by atoms with E-state index in [1.54, 1.807) is 18.7 Å². The van der Waals surface area contributed by atoms with E-state index >= 15 is 0 Å². The van der Waals surface area contributed by atoms with Crippen LogP contribution in [0.4, 0.5) is 0 Å². The van der Waals surface area contributed by atoms with Crippen LogP contribution in [0.25, 0.3) is 0 Å². The first-order valence-electron chi connectivity index (χ1n) is 6.18. The number of rotatable bonds is 3. The summed E-state index contributed by atoms with van der Waals surface area (Å²) in [7, 11) is -3.35. The molecule has 3 rings (SSSR count). The van der Waals surface area contributed by atoms with Gasteiger partial charge in [0.05, 0.1) is 18.4 Å². The first-order valence-corrected chi connectivity index (χ1v) is 8.07. The van der Waals surface area contributed by atoms with Gasteiger partial charge in [0.2, 0.25) is 20.9 Å². The summed E-state index contributed by atoms with van der Waals surface area (Å²) >= 11 is 0. The molecule has 2 aromatic rings. The van der Waals surface area contributed by atoms with Crippen molar-refractivity contribution in [2.75, 3.05) is 12.8 Å². The van der Waals surface area contributed by atoms with Crippen molar-refractivity contribution >= 4 is 9.84 Å². The number of sulfone groups is 1. The minimum Gasteiger partial charge on any atom is -0.448 e. The van der Waals surface area contributed by atoms with Crippen molar-refractivity contribution in [3.05, 3.63) is 35.8 Å². The Morgan fingerprint density at radius 2 is 2.25 bits per heavy atom. The maximum absolute atomic E-state index is 11.4. The van der Waals surface area contributed by atoms with Crippen LogP contribution in [-0.4, -0.2) is 41.1 Å². The van der Waals surface area contributed by atoms with Crippen molar-refractivity contribution in [1.82, 2.24) is 19.9 Å². The fraction of sp³-hybridized carbons (Fsp3) is 0.417. The van der Waals surface area contributed by atoms with Gasteiger partial charge in [0, 0.05) is 37.5 Å². The third-order valence-electron chi connectivity index (χ3n) is 3.16. The molecule has 0 saturated heterocycles. The molecular formula is C12H14N4O3S. The molecule has 0 radical (unpaired) electrons. The highest BCUT2D eigenvalue weighted by atomic mass is 32.2. The quantitative estimate of drug-likeness (QED) is 0.758. The molecule has 3 heterocycles. The third kappa shape index (κ3) is 2.70. The molecule has 1 aliphatic heterocycles. The summed E-state index contributed by atoms with van der Waals surface area (Å²) in [5.74, 6) is 0.669. The molecular weight excluding hydrogens is 280 g/mol. The lowest BCUT2D eigenvalue weighted by atomic mass is 10.1. The Morgan fingerprint density at radius 1 is 1.40 bits per heavy atom. The Morgan fingerprint density at radius 3 is 2.95 bits per heavy atom. The van der Waals surface area contributed by atoms with Crippen LogP contribution in [0.15, 0.2) is 28.2 Å². The van der Waals surface area contributed by atoms with E-state index in [2.05, 4.69) is 19.9 Å². The molecule has 20 heavy (non-hydrogen) atoms. The fourth-order valence-electron chi connectivity index (χ4n) is 2.19. The maximum atomic E-state index is 11.4. The molecule has 0 aromatic carbocycles. The van der Waals surface area contributed by atoms with Crippen molar-refractivity contribution in [3.63, 3.8) is 0 Å². The number of hydrogen-bond acceptors (Lipinski definition) is 7. The summed E-state index contributed by atoms with van der Waals surface area (Å²) in [6.45, 7) is 2.08. The van der Waals surface area contributed by atoms with E-state index in [1.807, 2.05) is 0 Å². The highest BCUT2D eigenvalue weighted by molar-refractivity contribution is 7.90. The van der Waals surface area contributed by atoms with Crippen LogP contribution in [0.1, 0.15) is 17.1 Å². The Balaban J connectivity index is 1.79. The Labute approximate surface area is 116 Å². The third-order valence-corrected chi connectivity index (χ3v) is 4.02. The van der Waals surface area contributed by atoms with Crippen LogP contribution in [0.3, 0.4) is 0 Å². The second-order valence-corrected chi connectivity index (χ2v) is 6.69. The molecule has 0 amide bonds. The van der Waals surface area contributed by atoms with Gasteiger partial charge in [-0.1, -0.05) is 0 Å². The van der Waals surface area contributed by atoms with Gasteiger partial charge in [0.25, 0.3) is 0 Å². The number of oxazole rings is 1. The molecule has 0 N–H and O–H groups in total. The zero-order chi connectivity index (χ0) is 14.2. The van der Waals surface area contributed by atoms with Crippen LogP contribution in [0, 0.1) is 0 Å². The van der Waals surface area contributed by atoms with Gasteiger partial charge < -0.3 is 4.42 Å². The first kappa shape index (κ1) is 13.2. The molecule has 0 spiro atoms. The average molecular weight is 294 g/mol. The fourth-order valence-corrected chi connectivity index (χ4v) is 2.71. The summed E-state index contributed by atoms with van der Waals surface area (Å²) in [5, 5.41) is -0.0996. The lowest BCUT2D eigenvalue weighted by Gasteiger charge is -2.26. The molecule has 0 aliphatic carbocycles. The molecule has 0 saturated carbocycles. The second-order valence-electron chi connectivity index (χ2n) is 4.78. The van der Waals surface area contributed by atoms with Crippen LogP contribution in [0.2, 0.25) is 0 Å². The normalized spacial score (nSPS) is 16.1. The van der Waals surface area contributed by atoms with Crippen LogP contribution < -0.4 is 0 Å².